The number of benzene rings is 3. The normalized spacial score (nSPS) is 14.1. The van der Waals surface area contributed by atoms with Gasteiger partial charge in [0, 0.05) is 16.0 Å². The molecule has 1 aliphatic heterocycles. The van der Waals surface area contributed by atoms with Crippen molar-refractivity contribution in [3.05, 3.63) is 101 Å². The Bertz CT molecular complexity index is 1310. The summed E-state index contributed by atoms with van der Waals surface area (Å²) in [6, 6.07) is 22.5. The fourth-order valence-corrected chi connectivity index (χ4v) is 4.36. The number of thiophene rings is 1. The van der Waals surface area contributed by atoms with Crippen molar-refractivity contribution in [1.82, 2.24) is 0 Å². The molecule has 1 aliphatic rings. The van der Waals surface area contributed by atoms with Crippen LogP contribution in [0.15, 0.2) is 89.9 Å². The number of anilines is 2. The molecular weight excluding hydrogens is 399 g/mol. The fraction of sp³-hybridized carbons (Fsp3) is 0. The molecule has 0 saturated heterocycles. The zero-order valence-electron chi connectivity index (χ0n) is 15.6. The summed E-state index contributed by atoms with van der Waals surface area (Å²) in [7, 11) is 0. The molecule has 5 rings (SSSR count). The summed E-state index contributed by atoms with van der Waals surface area (Å²) in [6.45, 7) is 0. The molecule has 0 atom stereocenters. The first-order valence-corrected chi connectivity index (χ1v) is 10.2. The predicted octanol–water partition coefficient (Wildman–Crippen LogP) is 5.44. The highest BCUT2D eigenvalue weighted by Gasteiger charge is 2.40. The summed E-state index contributed by atoms with van der Waals surface area (Å²) in [5, 5.41) is 7.04. The minimum absolute atomic E-state index is 0.211. The predicted molar refractivity (Wildman–Crippen MR) is 118 cm³/mol. The molecule has 0 fully saturated rings. The van der Waals surface area contributed by atoms with E-state index in [2.05, 4.69) is 5.32 Å². The number of carbonyl (C=O) groups is 2. The van der Waals surface area contributed by atoms with Gasteiger partial charge in [0.15, 0.2) is 0 Å². The van der Waals surface area contributed by atoms with E-state index in [0.717, 1.165) is 21.4 Å². The molecule has 6 heteroatoms. The Morgan fingerprint density at radius 2 is 1.57 bits per heavy atom. The van der Waals surface area contributed by atoms with E-state index >= 15 is 0 Å². The third-order valence-electron chi connectivity index (χ3n) is 4.99. The SMILES string of the molecule is O=C1C(Nc2cccc3ccccc23)=C(c2cccs2)C(=O)N1c1ccc(F)cc1. The van der Waals surface area contributed by atoms with E-state index < -0.39 is 17.6 Å². The van der Waals surface area contributed by atoms with Crippen LogP contribution in [0.2, 0.25) is 0 Å². The smallest absolute Gasteiger partial charge is 0.282 e. The molecule has 1 aromatic heterocycles. The zero-order valence-corrected chi connectivity index (χ0v) is 16.4. The highest BCUT2D eigenvalue weighted by atomic mass is 32.1. The molecule has 4 aromatic rings. The lowest BCUT2D eigenvalue weighted by Gasteiger charge is -2.15. The molecule has 146 valence electrons. The molecule has 0 bridgehead atoms. The van der Waals surface area contributed by atoms with Gasteiger partial charge >= 0.3 is 0 Å². The zero-order chi connectivity index (χ0) is 20.7. The van der Waals surface area contributed by atoms with Crippen LogP contribution in [-0.4, -0.2) is 11.8 Å². The maximum absolute atomic E-state index is 13.4. The Balaban J connectivity index is 1.63. The second kappa shape index (κ2) is 7.24. The van der Waals surface area contributed by atoms with Crippen LogP contribution in [0.3, 0.4) is 0 Å². The average Bonchev–Trinajstić information content (AvgIpc) is 3.36. The number of hydrogen-bond donors (Lipinski definition) is 1. The number of nitrogens with one attached hydrogen (secondary N) is 1. The molecule has 3 aromatic carbocycles. The van der Waals surface area contributed by atoms with Crippen LogP contribution in [0, 0.1) is 5.82 Å². The van der Waals surface area contributed by atoms with Crippen LogP contribution in [0.25, 0.3) is 16.3 Å². The summed E-state index contributed by atoms with van der Waals surface area (Å²) in [5.74, 6) is -1.34. The molecule has 0 spiro atoms. The van der Waals surface area contributed by atoms with E-state index in [-0.39, 0.29) is 5.70 Å². The van der Waals surface area contributed by atoms with Crippen molar-refractivity contribution in [2.45, 2.75) is 0 Å². The number of carbonyl (C=O) groups excluding carboxylic acids is 2. The number of rotatable bonds is 4. The van der Waals surface area contributed by atoms with Gasteiger partial charge in [-0.3, -0.25) is 9.59 Å². The van der Waals surface area contributed by atoms with Gasteiger partial charge in [0.25, 0.3) is 11.8 Å². The van der Waals surface area contributed by atoms with Crippen molar-refractivity contribution in [2.24, 2.45) is 0 Å². The fourth-order valence-electron chi connectivity index (χ4n) is 3.59. The van der Waals surface area contributed by atoms with Crippen molar-refractivity contribution in [1.29, 1.82) is 0 Å². The number of imide groups is 1. The Morgan fingerprint density at radius 1 is 0.800 bits per heavy atom. The minimum atomic E-state index is -0.469. The number of nitrogens with zero attached hydrogens (tertiary/aromatic N) is 1. The van der Waals surface area contributed by atoms with E-state index in [0.29, 0.717) is 16.1 Å². The van der Waals surface area contributed by atoms with Gasteiger partial charge in [-0.2, -0.15) is 0 Å². The second-order valence-electron chi connectivity index (χ2n) is 6.80. The average molecular weight is 414 g/mol. The molecule has 0 radical (unpaired) electrons. The van der Waals surface area contributed by atoms with Gasteiger partial charge in [-0.15, -0.1) is 11.3 Å². The second-order valence-corrected chi connectivity index (χ2v) is 7.75. The summed E-state index contributed by atoms with van der Waals surface area (Å²) in [6.07, 6.45) is 0. The summed E-state index contributed by atoms with van der Waals surface area (Å²) >= 11 is 1.39. The van der Waals surface area contributed by atoms with Gasteiger partial charge in [0.2, 0.25) is 0 Å². The van der Waals surface area contributed by atoms with Crippen molar-refractivity contribution >= 4 is 50.9 Å². The summed E-state index contributed by atoms with van der Waals surface area (Å²) in [5.41, 5.74) is 1.59. The first-order valence-electron chi connectivity index (χ1n) is 9.31. The molecule has 0 aliphatic carbocycles. The van der Waals surface area contributed by atoms with E-state index in [9.17, 15) is 14.0 Å². The highest BCUT2D eigenvalue weighted by Crippen LogP contribution is 2.36. The Kier molecular flexibility index (Phi) is 4.41. The third-order valence-corrected chi connectivity index (χ3v) is 5.87. The lowest BCUT2D eigenvalue weighted by Crippen LogP contribution is -2.32. The summed E-state index contributed by atoms with van der Waals surface area (Å²) < 4.78 is 13.4. The van der Waals surface area contributed by atoms with Crippen LogP contribution in [-0.2, 0) is 9.59 Å². The van der Waals surface area contributed by atoms with Gasteiger partial charge in [0.1, 0.15) is 11.5 Å². The molecule has 0 saturated carbocycles. The van der Waals surface area contributed by atoms with E-state index in [1.807, 2.05) is 60.0 Å². The van der Waals surface area contributed by atoms with Crippen LogP contribution < -0.4 is 10.2 Å². The van der Waals surface area contributed by atoms with Gasteiger partial charge in [-0.05, 0) is 47.2 Å². The standard InChI is InChI=1S/C24H15FN2O2S/c25-16-10-12-17(13-11-16)27-23(28)21(20-9-4-14-30-20)22(24(27)29)26-19-8-3-6-15-5-1-2-7-18(15)19/h1-14,26H. The van der Waals surface area contributed by atoms with E-state index in [4.69, 9.17) is 0 Å². The Morgan fingerprint density at radius 3 is 2.33 bits per heavy atom. The molecule has 4 nitrogen and oxygen atoms in total. The van der Waals surface area contributed by atoms with Crippen LogP contribution >= 0.6 is 11.3 Å². The number of halogens is 1. The van der Waals surface area contributed by atoms with Crippen LogP contribution in [0.5, 0.6) is 0 Å². The highest BCUT2D eigenvalue weighted by molar-refractivity contribution is 7.11. The number of hydrogen-bond acceptors (Lipinski definition) is 4. The molecule has 2 amide bonds. The minimum Gasteiger partial charge on any atom is -0.350 e. The van der Waals surface area contributed by atoms with Gasteiger partial charge in [-0.25, -0.2) is 9.29 Å². The van der Waals surface area contributed by atoms with E-state index in [1.54, 1.807) is 0 Å². The third kappa shape index (κ3) is 2.98. The van der Waals surface area contributed by atoms with Crippen molar-refractivity contribution < 1.29 is 14.0 Å². The molecule has 2 heterocycles. The van der Waals surface area contributed by atoms with Gasteiger partial charge in [-0.1, -0.05) is 42.5 Å². The van der Waals surface area contributed by atoms with E-state index in [1.165, 1.54) is 35.6 Å². The number of amides is 2. The monoisotopic (exact) mass is 414 g/mol. The van der Waals surface area contributed by atoms with Crippen molar-refractivity contribution in [3.63, 3.8) is 0 Å². The van der Waals surface area contributed by atoms with Crippen molar-refractivity contribution in [2.75, 3.05) is 10.2 Å². The first kappa shape index (κ1) is 18.3. The maximum atomic E-state index is 13.4. The first-order chi connectivity index (χ1) is 14.6. The lowest BCUT2D eigenvalue weighted by atomic mass is 10.1. The number of fused-ring (bicyclic) bond motifs is 1. The van der Waals surface area contributed by atoms with Gasteiger partial charge < -0.3 is 5.32 Å². The maximum Gasteiger partial charge on any atom is 0.282 e. The molecule has 30 heavy (non-hydrogen) atoms. The summed E-state index contributed by atoms with van der Waals surface area (Å²) in [4.78, 5) is 28.4. The topological polar surface area (TPSA) is 49.4 Å². The van der Waals surface area contributed by atoms with Crippen molar-refractivity contribution in [3.8, 4) is 0 Å². The van der Waals surface area contributed by atoms with Crippen LogP contribution in [0.4, 0.5) is 15.8 Å². The quantitative estimate of drug-likeness (QED) is 0.453. The largest absolute Gasteiger partial charge is 0.350 e. The lowest BCUT2D eigenvalue weighted by molar-refractivity contribution is -0.120. The Hall–Kier alpha value is -3.77. The molecule has 1 N–H and O–H groups in total. The Labute approximate surface area is 175 Å². The molecular formula is C24H15FN2O2S. The molecule has 0 unspecified atom stereocenters. The van der Waals surface area contributed by atoms with Gasteiger partial charge in [0.05, 0.1) is 11.3 Å². The van der Waals surface area contributed by atoms with Crippen LogP contribution in [0.1, 0.15) is 4.88 Å².